The van der Waals surface area contributed by atoms with Gasteiger partial charge in [-0.3, -0.25) is 4.79 Å². The summed E-state index contributed by atoms with van der Waals surface area (Å²) in [6.45, 7) is 5.76. The Balaban J connectivity index is 1.69. The van der Waals surface area contributed by atoms with E-state index in [-0.39, 0.29) is 19.6 Å². The molecule has 0 radical (unpaired) electrons. The molecule has 3 rings (SSSR count). The smallest absolute Gasteiger partial charge is 0.343 e. The Labute approximate surface area is 225 Å². The first kappa shape index (κ1) is 29.3. The van der Waals surface area contributed by atoms with Crippen LogP contribution in [-0.4, -0.2) is 49.8 Å². The monoisotopic (exact) mass is 525 g/mol. The summed E-state index contributed by atoms with van der Waals surface area (Å²) in [5.41, 5.74) is 1.23. The number of carbonyl (C=O) groups excluding carboxylic acids is 3. The van der Waals surface area contributed by atoms with E-state index in [0.717, 1.165) is 36.8 Å². The van der Waals surface area contributed by atoms with Crippen molar-refractivity contribution in [3.63, 3.8) is 0 Å². The molecule has 2 aromatic rings. The molecule has 8 nitrogen and oxygen atoms in total. The van der Waals surface area contributed by atoms with Gasteiger partial charge < -0.3 is 24.3 Å². The van der Waals surface area contributed by atoms with E-state index in [0.29, 0.717) is 19.6 Å². The second-order valence-electron chi connectivity index (χ2n) is 9.37. The van der Waals surface area contributed by atoms with Crippen molar-refractivity contribution < 1.29 is 33.3 Å². The number of benzene rings is 2. The number of rotatable bonds is 14. The van der Waals surface area contributed by atoms with Crippen LogP contribution in [0.4, 0.5) is 0 Å². The van der Waals surface area contributed by atoms with Crippen LogP contribution in [0.1, 0.15) is 63.1 Å². The Morgan fingerprint density at radius 1 is 0.842 bits per heavy atom. The number of unbranched alkanes of at least 4 members (excludes halogenated alkanes) is 1. The maximum Gasteiger partial charge on any atom is 0.343 e. The molecule has 0 bridgehead atoms. The summed E-state index contributed by atoms with van der Waals surface area (Å²) >= 11 is 0. The van der Waals surface area contributed by atoms with Gasteiger partial charge in [0.05, 0.1) is 26.4 Å². The fourth-order valence-electron chi connectivity index (χ4n) is 4.76. The molecule has 0 aliphatic carbocycles. The molecular weight excluding hydrogens is 486 g/mol. The van der Waals surface area contributed by atoms with Crippen molar-refractivity contribution in [1.29, 1.82) is 0 Å². The Morgan fingerprint density at radius 2 is 1.42 bits per heavy atom. The number of esters is 2. The summed E-state index contributed by atoms with van der Waals surface area (Å²) in [7, 11) is 0. The van der Waals surface area contributed by atoms with E-state index >= 15 is 0 Å². The number of aryl methyl sites for hydroxylation is 2. The molecule has 0 saturated carbocycles. The third-order valence-corrected chi connectivity index (χ3v) is 6.64. The number of carbonyl (C=O) groups is 3. The van der Waals surface area contributed by atoms with Gasteiger partial charge in [-0.05, 0) is 57.1 Å². The van der Waals surface area contributed by atoms with Crippen molar-refractivity contribution >= 4 is 17.8 Å². The Morgan fingerprint density at radius 3 is 1.97 bits per heavy atom. The third-order valence-electron chi connectivity index (χ3n) is 6.64. The zero-order valence-corrected chi connectivity index (χ0v) is 22.6. The summed E-state index contributed by atoms with van der Waals surface area (Å²) in [6, 6.07) is 18.2. The molecule has 1 amide bonds. The van der Waals surface area contributed by atoms with Gasteiger partial charge in [-0.1, -0.05) is 54.6 Å². The van der Waals surface area contributed by atoms with Gasteiger partial charge in [0.15, 0.2) is 5.79 Å². The van der Waals surface area contributed by atoms with Gasteiger partial charge in [0.25, 0.3) is 0 Å². The molecule has 1 heterocycles. The summed E-state index contributed by atoms with van der Waals surface area (Å²) in [6.07, 6.45) is 4.08. The number of hydrogen-bond acceptors (Lipinski definition) is 7. The highest BCUT2D eigenvalue weighted by atomic mass is 16.7. The minimum Gasteiger partial charge on any atom is -0.464 e. The van der Waals surface area contributed by atoms with E-state index in [1.165, 1.54) is 12.5 Å². The largest absolute Gasteiger partial charge is 0.464 e. The summed E-state index contributed by atoms with van der Waals surface area (Å²) in [5.74, 6) is -2.95. The van der Waals surface area contributed by atoms with E-state index < -0.39 is 29.2 Å². The molecule has 0 unspecified atom stereocenters. The summed E-state index contributed by atoms with van der Waals surface area (Å²) in [5, 5.41) is 2.51. The minimum absolute atomic E-state index is 0.00121. The first-order chi connectivity index (χ1) is 18.3. The van der Waals surface area contributed by atoms with Crippen molar-refractivity contribution in [3.05, 3.63) is 71.3 Å². The SMILES string of the molecule is CCOC(=O)C(CCc1ccc(C2(CCCCc3ccccc3)OCCO2)cc1)(NC(C)=O)C(=O)OCC. The van der Waals surface area contributed by atoms with Gasteiger partial charge in [0.2, 0.25) is 11.4 Å². The van der Waals surface area contributed by atoms with Gasteiger partial charge in [-0.15, -0.1) is 0 Å². The quantitative estimate of drug-likeness (QED) is 0.224. The zero-order valence-electron chi connectivity index (χ0n) is 22.6. The second-order valence-corrected chi connectivity index (χ2v) is 9.37. The van der Waals surface area contributed by atoms with E-state index in [2.05, 4.69) is 29.6 Å². The van der Waals surface area contributed by atoms with E-state index in [1.54, 1.807) is 13.8 Å². The summed E-state index contributed by atoms with van der Waals surface area (Å²) in [4.78, 5) is 37.7. The fourth-order valence-corrected chi connectivity index (χ4v) is 4.76. The lowest BCUT2D eigenvalue weighted by Gasteiger charge is -2.30. The number of nitrogens with one attached hydrogen (secondary N) is 1. The topological polar surface area (TPSA) is 100 Å². The Hall–Kier alpha value is -3.23. The summed E-state index contributed by atoms with van der Waals surface area (Å²) < 4.78 is 22.5. The van der Waals surface area contributed by atoms with Crippen LogP contribution in [0, 0.1) is 0 Å². The van der Waals surface area contributed by atoms with Crippen LogP contribution in [0.25, 0.3) is 0 Å². The van der Waals surface area contributed by atoms with Gasteiger partial charge in [-0.25, -0.2) is 9.59 Å². The molecule has 1 fully saturated rings. The van der Waals surface area contributed by atoms with Crippen LogP contribution in [0.5, 0.6) is 0 Å². The zero-order chi connectivity index (χ0) is 27.4. The predicted molar refractivity (Wildman–Crippen MR) is 142 cm³/mol. The number of ether oxygens (including phenoxy) is 4. The molecule has 0 atom stereocenters. The molecule has 206 valence electrons. The molecule has 0 aromatic heterocycles. The highest BCUT2D eigenvalue weighted by molar-refractivity contribution is 6.07. The van der Waals surface area contributed by atoms with Gasteiger partial charge >= 0.3 is 11.9 Å². The standard InChI is InChI=1S/C30H39NO7/c1-4-35-27(33)29(31-23(3)32,28(34)36-5-2)20-18-25-14-16-26(17-15-25)30(37-21-22-38-30)19-10-9-13-24-11-7-6-8-12-24/h6-8,11-12,14-17H,4-5,9-10,13,18-22H2,1-3H3,(H,31,32). The van der Waals surface area contributed by atoms with Gasteiger partial charge in [-0.2, -0.15) is 0 Å². The maximum absolute atomic E-state index is 12.9. The molecule has 1 saturated heterocycles. The van der Waals surface area contributed by atoms with Crippen LogP contribution < -0.4 is 5.32 Å². The van der Waals surface area contributed by atoms with Crippen LogP contribution >= 0.6 is 0 Å². The van der Waals surface area contributed by atoms with Crippen LogP contribution in [-0.2, 0) is 52.0 Å². The molecule has 1 aliphatic heterocycles. The minimum atomic E-state index is -1.91. The molecule has 1 N–H and O–H groups in total. The van der Waals surface area contributed by atoms with E-state index in [9.17, 15) is 14.4 Å². The van der Waals surface area contributed by atoms with Gasteiger partial charge in [0, 0.05) is 18.9 Å². The van der Waals surface area contributed by atoms with E-state index in [1.807, 2.05) is 30.3 Å². The molecule has 0 spiro atoms. The molecule has 38 heavy (non-hydrogen) atoms. The van der Waals surface area contributed by atoms with Crippen molar-refractivity contribution in [2.24, 2.45) is 0 Å². The molecule has 2 aromatic carbocycles. The first-order valence-electron chi connectivity index (χ1n) is 13.4. The van der Waals surface area contributed by atoms with Crippen LogP contribution in [0.15, 0.2) is 54.6 Å². The predicted octanol–water partition coefficient (Wildman–Crippen LogP) is 4.23. The first-order valence-corrected chi connectivity index (χ1v) is 13.4. The lowest BCUT2D eigenvalue weighted by molar-refractivity contribution is -0.171. The average molecular weight is 526 g/mol. The second kappa shape index (κ2) is 14.1. The Bertz CT molecular complexity index is 1030. The third kappa shape index (κ3) is 7.42. The highest BCUT2D eigenvalue weighted by Gasteiger charge is 2.49. The van der Waals surface area contributed by atoms with Crippen LogP contribution in [0.2, 0.25) is 0 Å². The highest BCUT2D eigenvalue weighted by Crippen LogP contribution is 2.37. The van der Waals surface area contributed by atoms with Gasteiger partial charge in [0.1, 0.15) is 0 Å². The number of amides is 1. The molecule has 1 aliphatic rings. The molecule has 8 heteroatoms. The molecular formula is C30H39NO7. The Kier molecular flexibility index (Phi) is 10.9. The van der Waals surface area contributed by atoms with Crippen molar-refractivity contribution in [1.82, 2.24) is 5.32 Å². The lowest BCUT2D eigenvalue weighted by atomic mass is 9.90. The lowest BCUT2D eigenvalue weighted by Crippen LogP contribution is -2.61. The normalized spacial score (nSPS) is 14.6. The van der Waals surface area contributed by atoms with Crippen molar-refractivity contribution in [2.45, 2.75) is 70.6 Å². The van der Waals surface area contributed by atoms with Crippen molar-refractivity contribution in [2.75, 3.05) is 26.4 Å². The van der Waals surface area contributed by atoms with Crippen LogP contribution in [0.3, 0.4) is 0 Å². The average Bonchev–Trinajstić information content (AvgIpc) is 3.40. The number of hydrogen-bond donors (Lipinski definition) is 1. The van der Waals surface area contributed by atoms with E-state index in [4.69, 9.17) is 18.9 Å². The fraction of sp³-hybridized carbons (Fsp3) is 0.500. The van der Waals surface area contributed by atoms with Crippen molar-refractivity contribution in [3.8, 4) is 0 Å². The maximum atomic E-state index is 12.9.